The molecule has 0 radical (unpaired) electrons. The SMILES string of the molecule is CC(C)(C)NS(=O)(=O)c1ccc(-c2sc(C(=O)[O-])nc2Cc2ccccc2)c2ccccc12.[K+]. The topological polar surface area (TPSA) is 99.2 Å². The van der Waals surface area contributed by atoms with Crippen LogP contribution in [-0.2, 0) is 16.4 Å². The Bertz CT molecular complexity index is 1440. The summed E-state index contributed by atoms with van der Waals surface area (Å²) in [4.78, 5) is 16.8. The van der Waals surface area contributed by atoms with E-state index in [1.807, 2.05) is 42.5 Å². The summed E-state index contributed by atoms with van der Waals surface area (Å²) in [7, 11) is -3.78. The predicted octanol–water partition coefficient (Wildman–Crippen LogP) is 0.998. The molecule has 6 nitrogen and oxygen atoms in total. The van der Waals surface area contributed by atoms with Crippen molar-refractivity contribution in [3.8, 4) is 10.4 Å². The van der Waals surface area contributed by atoms with Crippen molar-refractivity contribution >= 4 is 38.1 Å². The van der Waals surface area contributed by atoms with E-state index < -0.39 is 21.5 Å². The number of carboxylic acids is 1. The van der Waals surface area contributed by atoms with Crippen molar-refractivity contribution in [2.45, 2.75) is 37.6 Å². The maximum Gasteiger partial charge on any atom is 1.00 e. The number of sulfonamides is 1. The molecule has 0 fully saturated rings. The molecule has 0 unspecified atom stereocenters. The number of aromatic nitrogens is 1. The van der Waals surface area contributed by atoms with Crippen LogP contribution >= 0.6 is 11.3 Å². The summed E-state index contributed by atoms with van der Waals surface area (Å²) in [5.41, 5.74) is 1.70. The maximum atomic E-state index is 13.1. The minimum Gasteiger partial charge on any atom is -0.542 e. The number of carboxylic acid groups (broad SMARTS) is 1. The summed E-state index contributed by atoms with van der Waals surface area (Å²) in [6, 6.07) is 20.1. The molecule has 4 rings (SSSR count). The van der Waals surface area contributed by atoms with Crippen LogP contribution in [0.25, 0.3) is 21.2 Å². The summed E-state index contributed by atoms with van der Waals surface area (Å²) >= 11 is 1.04. The Kier molecular flexibility index (Phi) is 8.53. The van der Waals surface area contributed by atoms with E-state index in [0.29, 0.717) is 27.8 Å². The molecule has 0 aliphatic rings. The first kappa shape index (κ1) is 27.2. The van der Waals surface area contributed by atoms with Crippen molar-refractivity contribution in [1.29, 1.82) is 0 Å². The van der Waals surface area contributed by atoms with Gasteiger partial charge in [0.25, 0.3) is 0 Å². The van der Waals surface area contributed by atoms with Gasteiger partial charge in [0.05, 0.1) is 15.5 Å². The first-order valence-electron chi connectivity index (χ1n) is 10.4. The first-order chi connectivity index (χ1) is 15.5. The van der Waals surface area contributed by atoms with Crippen molar-refractivity contribution in [2.24, 2.45) is 0 Å². The Labute approximate surface area is 245 Å². The molecule has 34 heavy (non-hydrogen) atoms. The Hall–Kier alpha value is -1.43. The summed E-state index contributed by atoms with van der Waals surface area (Å²) in [6.45, 7) is 5.36. The number of rotatable bonds is 6. The fourth-order valence-corrected chi connectivity index (χ4v) is 6.31. The number of aromatic carboxylic acids is 1. The van der Waals surface area contributed by atoms with Crippen molar-refractivity contribution in [3.05, 3.63) is 83.0 Å². The zero-order valence-corrected chi connectivity index (χ0v) is 24.2. The number of nitrogens with zero attached hydrogens (tertiary/aromatic N) is 1. The molecule has 0 saturated heterocycles. The molecule has 9 heteroatoms. The molecule has 170 valence electrons. The van der Waals surface area contributed by atoms with Crippen LogP contribution in [-0.4, -0.2) is 24.9 Å². The third-order valence-corrected chi connectivity index (χ3v) is 7.87. The minimum absolute atomic E-state index is 0. The van der Waals surface area contributed by atoms with Crippen molar-refractivity contribution < 1.29 is 69.7 Å². The molecule has 0 aliphatic heterocycles. The molecule has 0 spiro atoms. The van der Waals surface area contributed by atoms with Gasteiger partial charge in [-0.3, -0.25) is 0 Å². The van der Waals surface area contributed by atoms with E-state index in [2.05, 4.69) is 9.71 Å². The molecule has 0 atom stereocenters. The van der Waals surface area contributed by atoms with Crippen LogP contribution in [0.1, 0.15) is 41.8 Å². The standard InChI is InChI=1S/C25H24N2O4S2.K/c1-25(2,3)27-33(30,31)21-14-13-19(17-11-7-8-12-18(17)21)22-20(26-23(32-22)24(28)29)15-16-9-5-4-6-10-16;/h4-14,27H,15H2,1-3H3,(H,28,29);/q;+1/p-1. The molecule has 0 saturated carbocycles. The van der Waals surface area contributed by atoms with Gasteiger partial charge in [-0.05, 0) is 37.8 Å². The van der Waals surface area contributed by atoms with Crippen molar-refractivity contribution in [3.63, 3.8) is 0 Å². The van der Waals surface area contributed by atoms with Crippen molar-refractivity contribution in [1.82, 2.24) is 9.71 Å². The largest absolute Gasteiger partial charge is 1.00 e. The molecule has 1 N–H and O–H groups in total. The van der Waals surface area contributed by atoms with E-state index in [1.165, 1.54) is 0 Å². The zero-order chi connectivity index (χ0) is 23.8. The molecule has 1 heterocycles. The van der Waals surface area contributed by atoms with Gasteiger partial charge in [0.1, 0.15) is 11.0 Å². The molecule has 0 amide bonds. The van der Waals surface area contributed by atoms with Crippen LogP contribution in [0.15, 0.2) is 71.6 Å². The van der Waals surface area contributed by atoms with E-state index in [1.54, 1.807) is 45.0 Å². The van der Waals surface area contributed by atoms with Crippen LogP contribution in [0.2, 0.25) is 0 Å². The quantitative estimate of drug-likeness (QED) is 0.384. The summed E-state index contributed by atoms with van der Waals surface area (Å²) in [5, 5.41) is 12.7. The Morgan fingerprint density at radius 3 is 2.21 bits per heavy atom. The second kappa shape index (κ2) is 10.7. The minimum atomic E-state index is -3.78. The van der Waals surface area contributed by atoms with Crippen LogP contribution in [0.5, 0.6) is 0 Å². The van der Waals surface area contributed by atoms with Crippen LogP contribution in [0.3, 0.4) is 0 Å². The maximum absolute atomic E-state index is 13.1. The smallest absolute Gasteiger partial charge is 0.542 e. The molecular weight excluding hydrogens is 496 g/mol. The van der Waals surface area contributed by atoms with E-state index in [4.69, 9.17) is 0 Å². The average Bonchev–Trinajstić information content (AvgIpc) is 3.16. The Morgan fingerprint density at radius 2 is 1.59 bits per heavy atom. The summed E-state index contributed by atoms with van der Waals surface area (Å²) < 4.78 is 28.9. The molecule has 0 bridgehead atoms. The predicted molar refractivity (Wildman–Crippen MR) is 129 cm³/mol. The number of hydrogen-bond acceptors (Lipinski definition) is 6. The third kappa shape index (κ3) is 6.03. The van der Waals surface area contributed by atoms with Gasteiger partial charge in [-0.15, -0.1) is 11.3 Å². The van der Waals surface area contributed by atoms with Gasteiger partial charge < -0.3 is 9.90 Å². The fraction of sp³-hybridized carbons (Fsp3) is 0.200. The van der Waals surface area contributed by atoms with Crippen molar-refractivity contribution in [2.75, 3.05) is 0 Å². The van der Waals surface area contributed by atoms with E-state index in [9.17, 15) is 18.3 Å². The van der Waals surface area contributed by atoms with Crippen LogP contribution < -0.4 is 61.2 Å². The van der Waals surface area contributed by atoms with E-state index >= 15 is 0 Å². The van der Waals surface area contributed by atoms with E-state index in [-0.39, 0.29) is 61.3 Å². The molecule has 1 aromatic heterocycles. The summed E-state index contributed by atoms with van der Waals surface area (Å²) in [6.07, 6.45) is 0.444. The normalized spacial score (nSPS) is 11.9. The van der Waals surface area contributed by atoms with Crippen LogP contribution in [0, 0.1) is 0 Å². The van der Waals surface area contributed by atoms with Gasteiger partial charge in [0.2, 0.25) is 10.0 Å². The second-order valence-corrected chi connectivity index (χ2v) is 11.4. The number of carbonyl (C=O) groups is 1. The number of fused-ring (bicyclic) bond motifs is 1. The number of benzene rings is 3. The van der Waals surface area contributed by atoms with Gasteiger partial charge in [-0.2, -0.15) is 0 Å². The number of hydrogen-bond donors (Lipinski definition) is 1. The Balaban J connectivity index is 0.00000324. The third-order valence-electron chi connectivity index (χ3n) is 4.95. The van der Waals surface area contributed by atoms with Gasteiger partial charge in [0, 0.05) is 22.9 Å². The number of thiazole rings is 1. The monoisotopic (exact) mass is 518 g/mol. The number of nitrogens with one attached hydrogen (secondary N) is 1. The molecule has 3 aromatic carbocycles. The molecular formula is C25H23KN2O4S2. The summed E-state index contributed by atoms with van der Waals surface area (Å²) in [5.74, 6) is -1.33. The fourth-order valence-electron chi connectivity index (χ4n) is 3.72. The molecule has 0 aliphatic carbocycles. The Morgan fingerprint density at radius 1 is 0.971 bits per heavy atom. The van der Waals surface area contributed by atoms with Gasteiger partial charge in [-0.1, -0.05) is 60.7 Å². The zero-order valence-electron chi connectivity index (χ0n) is 19.5. The molecule has 4 aromatic rings. The second-order valence-electron chi connectivity index (χ2n) is 8.76. The van der Waals surface area contributed by atoms with Gasteiger partial charge in [-0.25, -0.2) is 18.1 Å². The van der Waals surface area contributed by atoms with Gasteiger partial charge in [0.15, 0.2) is 0 Å². The van der Waals surface area contributed by atoms with Crippen LogP contribution in [0.4, 0.5) is 0 Å². The number of carbonyl (C=O) groups excluding carboxylic acids is 1. The van der Waals surface area contributed by atoms with E-state index in [0.717, 1.165) is 22.5 Å². The first-order valence-corrected chi connectivity index (χ1v) is 12.7. The average molecular weight is 519 g/mol. The van der Waals surface area contributed by atoms with Gasteiger partial charge >= 0.3 is 51.4 Å².